The highest BCUT2D eigenvalue weighted by Gasteiger charge is 2.42. The number of carbonyl (C=O) groups is 3. The second kappa shape index (κ2) is 11.5. The summed E-state index contributed by atoms with van der Waals surface area (Å²) in [5.41, 5.74) is 1.36. The lowest BCUT2D eigenvalue weighted by Gasteiger charge is -2.26. The highest BCUT2D eigenvalue weighted by Crippen LogP contribution is 2.39. The minimum Gasteiger partial charge on any atom is -0.318 e. The molecule has 9 heteroatoms. The van der Waals surface area contributed by atoms with Crippen molar-refractivity contribution >= 4 is 52.4 Å². The van der Waals surface area contributed by atoms with Crippen molar-refractivity contribution in [2.45, 2.75) is 31.2 Å². The van der Waals surface area contributed by atoms with Gasteiger partial charge in [0.15, 0.2) is 6.04 Å². The molecule has 4 rings (SSSR count). The minimum absolute atomic E-state index is 0.00154. The Bertz CT molecular complexity index is 1320. The first-order valence-corrected chi connectivity index (χ1v) is 13.2. The van der Waals surface area contributed by atoms with Gasteiger partial charge in [-0.05, 0) is 61.1 Å². The molecule has 1 heterocycles. The van der Waals surface area contributed by atoms with Crippen LogP contribution in [0.15, 0.2) is 77.7 Å². The molecule has 0 saturated carbocycles. The largest absolute Gasteiger partial charge is 0.320 e. The smallest absolute Gasteiger partial charge is 0.318 e. The Morgan fingerprint density at radius 1 is 0.946 bits per heavy atom. The summed E-state index contributed by atoms with van der Waals surface area (Å²) < 4.78 is 15.0. The maximum atomic E-state index is 15.0. The molecule has 0 fully saturated rings. The van der Waals surface area contributed by atoms with Gasteiger partial charge in [0.05, 0.1) is 17.1 Å². The lowest BCUT2D eigenvalue weighted by molar-refractivity contribution is -0.128. The predicted molar refractivity (Wildman–Crippen MR) is 146 cm³/mol. The zero-order valence-corrected chi connectivity index (χ0v) is 21.7. The fourth-order valence-corrected chi connectivity index (χ4v) is 4.59. The summed E-state index contributed by atoms with van der Waals surface area (Å²) in [5.74, 6) is -1.65. The zero-order valence-electron chi connectivity index (χ0n) is 20.9. The first-order valence-electron chi connectivity index (χ1n) is 12.0. The molecule has 37 heavy (non-hydrogen) atoms. The molecule has 0 saturated heterocycles. The van der Waals surface area contributed by atoms with Crippen LogP contribution >= 0.6 is 11.8 Å². The average molecular weight is 521 g/mol. The number of carbonyl (C=O) groups excluding carboxylic acids is 3. The Balaban J connectivity index is 1.75. The Hall–Kier alpha value is -3.85. The number of benzene rings is 3. The van der Waals surface area contributed by atoms with E-state index in [9.17, 15) is 18.8 Å². The summed E-state index contributed by atoms with van der Waals surface area (Å²) in [6.07, 6.45) is 2.59. The van der Waals surface area contributed by atoms with E-state index in [1.165, 1.54) is 39.8 Å². The Morgan fingerprint density at radius 3 is 2.30 bits per heavy atom. The molecule has 3 aromatic rings. The number of thioether (sulfide) groups is 1. The van der Waals surface area contributed by atoms with Crippen LogP contribution in [0, 0.1) is 11.7 Å². The van der Waals surface area contributed by atoms with Gasteiger partial charge in [0.25, 0.3) is 11.8 Å². The molecule has 1 aliphatic rings. The van der Waals surface area contributed by atoms with E-state index in [0.717, 1.165) is 4.90 Å². The average Bonchev–Trinajstić information content (AvgIpc) is 2.96. The van der Waals surface area contributed by atoms with Crippen LogP contribution in [0.3, 0.4) is 0 Å². The van der Waals surface area contributed by atoms with Crippen LogP contribution in [0.5, 0.6) is 0 Å². The van der Waals surface area contributed by atoms with Gasteiger partial charge in [0, 0.05) is 17.1 Å². The maximum Gasteiger partial charge on any atom is 0.320 e. The van der Waals surface area contributed by atoms with Gasteiger partial charge in [-0.2, -0.15) is 0 Å². The first kappa shape index (κ1) is 26.2. The molecule has 192 valence electrons. The molecular formula is C28H29FN4O3S. The van der Waals surface area contributed by atoms with Crippen LogP contribution < -0.4 is 20.4 Å². The lowest BCUT2D eigenvalue weighted by atomic mass is 10.1. The minimum atomic E-state index is -1.57. The van der Waals surface area contributed by atoms with Crippen molar-refractivity contribution in [2.75, 3.05) is 27.9 Å². The summed E-state index contributed by atoms with van der Waals surface area (Å²) >= 11 is 1.52. The fourth-order valence-electron chi connectivity index (χ4n) is 4.13. The number of anilines is 4. The van der Waals surface area contributed by atoms with Crippen LogP contribution in [0.1, 0.15) is 20.3 Å². The second-order valence-electron chi connectivity index (χ2n) is 9.05. The molecule has 7 nitrogen and oxygen atoms in total. The predicted octanol–water partition coefficient (Wildman–Crippen LogP) is 5.80. The zero-order chi connectivity index (χ0) is 26.5. The normalized spacial score (nSPS) is 15.4. The van der Waals surface area contributed by atoms with E-state index in [2.05, 4.69) is 10.6 Å². The van der Waals surface area contributed by atoms with Gasteiger partial charge in [-0.3, -0.25) is 14.5 Å². The Labute approximate surface area is 220 Å². The standard InChI is InChI=1S/C28H29FN4O3S/c1-18(2)15-16-32-23-13-6-7-14-24(23)33(22-12-5-4-11-21(22)29)27(35)25(26(32)34)31-28(36)30-19-9-8-10-20(17-19)37-3/h4-14,17-18,25H,15-16H2,1-3H3,(H2,30,31,36). The lowest BCUT2D eigenvalue weighted by Crippen LogP contribution is -2.55. The molecule has 4 amide bonds. The van der Waals surface area contributed by atoms with Gasteiger partial charge in [-0.25, -0.2) is 9.18 Å². The number of hydrogen-bond donors (Lipinski definition) is 2. The molecule has 0 spiro atoms. The van der Waals surface area contributed by atoms with Crippen LogP contribution in [-0.2, 0) is 9.59 Å². The van der Waals surface area contributed by atoms with E-state index in [1.54, 1.807) is 48.5 Å². The number of fused-ring (bicyclic) bond motifs is 1. The van der Waals surface area contributed by atoms with E-state index in [0.29, 0.717) is 35.9 Å². The Kier molecular flexibility index (Phi) is 8.13. The molecule has 2 N–H and O–H groups in total. The number of nitrogens with zero attached hydrogens (tertiary/aromatic N) is 2. The molecule has 0 aromatic heterocycles. The van der Waals surface area contributed by atoms with Crippen molar-refractivity contribution in [3.05, 3.63) is 78.6 Å². The van der Waals surface area contributed by atoms with Crippen molar-refractivity contribution in [1.82, 2.24) is 5.32 Å². The highest BCUT2D eigenvalue weighted by atomic mass is 32.2. The van der Waals surface area contributed by atoms with Gasteiger partial charge < -0.3 is 15.5 Å². The van der Waals surface area contributed by atoms with Crippen LogP contribution in [-0.4, -0.2) is 36.7 Å². The van der Waals surface area contributed by atoms with E-state index in [1.807, 2.05) is 26.2 Å². The summed E-state index contributed by atoms with van der Waals surface area (Å²) in [4.78, 5) is 44.4. The molecule has 1 unspecified atom stereocenters. The van der Waals surface area contributed by atoms with Gasteiger partial charge in [-0.1, -0.05) is 44.2 Å². The van der Waals surface area contributed by atoms with Crippen molar-refractivity contribution in [1.29, 1.82) is 0 Å². The van der Waals surface area contributed by atoms with Crippen molar-refractivity contribution in [3.8, 4) is 0 Å². The second-order valence-corrected chi connectivity index (χ2v) is 9.93. The summed E-state index contributed by atoms with van der Waals surface area (Å²) in [5, 5.41) is 5.25. The van der Waals surface area contributed by atoms with Gasteiger partial charge in [-0.15, -0.1) is 11.8 Å². The van der Waals surface area contributed by atoms with Crippen molar-refractivity contribution in [3.63, 3.8) is 0 Å². The van der Waals surface area contributed by atoms with E-state index in [-0.39, 0.29) is 5.69 Å². The monoisotopic (exact) mass is 520 g/mol. The molecule has 1 aliphatic heterocycles. The quantitative estimate of drug-likeness (QED) is 0.305. The third-order valence-electron chi connectivity index (χ3n) is 6.02. The van der Waals surface area contributed by atoms with Gasteiger partial charge in [0.2, 0.25) is 0 Å². The number of amides is 4. The fraction of sp³-hybridized carbons (Fsp3) is 0.250. The third-order valence-corrected chi connectivity index (χ3v) is 6.75. The molecule has 0 radical (unpaired) electrons. The maximum absolute atomic E-state index is 15.0. The van der Waals surface area contributed by atoms with Crippen LogP contribution in [0.25, 0.3) is 0 Å². The van der Waals surface area contributed by atoms with Crippen LogP contribution in [0.4, 0.5) is 31.9 Å². The summed E-state index contributed by atoms with van der Waals surface area (Å²) in [6, 6.07) is 17.7. The number of hydrogen-bond acceptors (Lipinski definition) is 4. The van der Waals surface area contributed by atoms with Gasteiger partial charge >= 0.3 is 6.03 Å². The summed E-state index contributed by atoms with van der Waals surface area (Å²) in [6.45, 7) is 4.41. The van der Waals surface area contributed by atoms with E-state index in [4.69, 9.17) is 0 Å². The molecular weight excluding hydrogens is 491 g/mol. The molecule has 1 atom stereocenters. The SMILES string of the molecule is CSc1cccc(NC(=O)NC2C(=O)N(CCC(C)C)c3ccccc3N(c3ccccc3F)C2=O)c1. The number of nitrogens with one attached hydrogen (secondary N) is 2. The number of urea groups is 1. The van der Waals surface area contributed by atoms with Crippen molar-refractivity contribution in [2.24, 2.45) is 5.92 Å². The topological polar surface area (TPSA) is 81.8 Å². The highest BCUT2D eigenvalue weighted by molar-refractivity contribution is 7.98. The van der Waals surface area contributed by atoms with Crippen LogP contribution in [0.2, 0.25) is 0 Å². The van der Waals surface area contributed by atoms with Gasteiger partial charge in [0.1, 0.15) is 5.82 Å². The third kappa shape index (κ3) is 5.77. The molecule has 3 aromatic carbocycles. The van der Waals surface area contributed by atoms with E-state index < -0.39 is 29.7 Å². The van der Waals surface area contributed by atoms with Crippen molar-refractivity contribution < 1.29 is 18.8 Å². The molecule has 0 bridgehead atoms. The number of rotatable bonds is 7. The Morgan fingerprint density at radius 2 is 1.62 bits per heavy atom. The van der Waals surface area contributed by atoms with E-state index >= 15 is 0 Å². The first-order chi connectivity index (χ1) is 17.8. The number of para-hydroxylation sites is 3. The number of halogens is 1. The summed E-state index contributed by atoms with van der Waals surface area (Å²) in [7, 11) is 0. The molecule has 0 aliphatic carbocycles.